The van der Waals surface area contributed by atoms with Gasteiger partial charge >= 0.3 is 6.03 Å². The topological polar surface area (TPSA) is 93.2 Å². The van der Waals surface area contributed by atoms with Crippen molar-refractivity contribution < 1.29 is 22.8 Å². The van der Waals surface area contributed by atoms with Crippen molar-refractivity contribution in [1.82, 2.24) is 20.0 Å². The molecule has 0 bridgehead atoms. The Balaban J connectivity index is 1.67. The van der Waals surface area contributed by atoms with Crippen molar-refractivity contribution in [2.75, 3.05) is 13.2 Å². The molecule has 166 valence electrons. The first-order valence-electron chi connectivity index (χ1n) is 9.76. The highest BCUT2D eigenvalue weighted by molar-refractivity contribution is 6.31. The molecule has 1 saturated carbocycles. The Bertz CT molecular complexity index is 1050. The fraction of sp³-hybridized carbons (Fsp3) is 0.450. The number of halogens is 4. The highest BCUT2D eigenvalue weighted by Crippen LogP contribution is 2.38. The number of fused-ring (bicyclic) bond motifs is 1. The van der Waals surface area contributed by atoms with Crippen molar-refractivity contribution >= 4 is 23.5 Å². The summed E-state index contributed by atoms with van der Waals surface area (Å²) in [6, 6.07) is 3.02. The molecule has 2 heterocycles. The van der Waals surface area contributed by atoms with Gasteiger partial charge in [0, 0.05) is 36.0 Å². The fourth-order valence-electron chi connectivity index (χ4n) is 4.05. The van der Waals surface area contributed by atoms with Crippen molar-refractivity contribution in [2.24, 2.45) is 5.73 Å². The summed E-state index contributed by atoms with van der Waals surface area (Å²) in [7, 11) is 0. The number of alkyl halides is 3. The van der Waals surface area contributed by atoms with Crippen LogP contribution in [0.3, 0.4) is 0 Å². The first-order chi connectivity index (χ1) is 14.6. The first-order valence-corrected chi connectivity index (χ1v) is 10.1. The number of hydrogen-bond acceptors (Lipinski definition) is 3. The lowest BCUT2D eigenvalue weighted by Gasteiger charge is -2.38. The molecule has 0 radical (unpaired) electrons. The van der Waals surface area contributed by atoms with Crippen LogP contribution in [0, 0.1) is 6.92 Å². The molecule has 1 atom stereocenters. The molecule has 1 unspecified atom stereocenters. The second-order valence-electron chi connectivity index (χ2n) is 8.04. The predicted molar refractivity (Wildman–Crippen MR) is 108 cm³/mol. The minimum Gasteiger partial charge on any atom is -0.365 e. The van der Waals surface area contributed by atoms with Crippen LogP contribution in [0.5, 0.6) is 0 Å². The monoisotopic (exact) mass is 455 g/mol. The van der Waals surface area contributed by atoms with Crippen molar-refractivity contribution in [3.8, 4) is 11.3 Å². The number of carbonyl (C=O) groups excluding carboxylic acids is 2. The lowest BCUT2D eigenvalue weighted by atomic mass is 9.88. The molecular weight excluding hydrogens is 435 g/mol. The molecule has 11 heteroatoms. The van der Waals surface area contributed by atoms with E-state index in [0.29, 0.717) is 16.3 Å². The molecule has 1 aromatic heterocycles. The molecule has 0 saturated heterocycles. The molecule has 7 nitrogen and oxygen atoms in total. The van der Waals surface area contributed by atoms with E-state index in [-0.39, 0.29) is 24.3 Å². The standard InChI is InChI=1S/C20H21ClF3N5O2/c1-10-4-11(2-3-14(10)21)17-16(18(25)30)15-9-28(8-13(7-22)29(15)27-17)19(31)26-12-5-20(23,24)6-12/h2-4,12-13H,5-9H2,1H3,(H2,25,30)(H,26,31). The van der Waals surface area contributed by atoms with Gasteiger partial charge in [-0.1, -0.05) is 17.7 Å². The molecule has 2 aromatic rings. The summed E-state index contributed by atoms with van der Waals surface area (Å²) < 4.78 is 41.4. The lowest BCUT2D eigenvalue weighted by Crippen LogP contribution is -2.55. The number of urea groups is 1. The van der Waals surface area contributed by atoms with E-state index in [2.05, 4.69) is 10.4 Å². The van der Waals surface area contributed by atoms with Crippen molar-refractivity contribution in [2.45, 2.75) is 44.3 Å². The zero-order valence-electron chi connectivity index (χ0n) is 16.7. The quantitative estimate of drug-likeness (QED) is 0.739. The zero-order valence-corrected chi connectivity index (χ0v) is 17.4. The summed E-state index contributed by atoms with van der Waals surface area (Å²) in [5.74, 6) is -3.53. The predicted octanol–water partition coefficient (Wildman–Crippen LogP) is 3.44. The number of hydrogen-bond donors (Lipinski definition) is 2. The highest BCUT2D eigenvalue weighted by atomic mass is 35.5. The summed E-state index contributed by atoms with van der Waals surface area (Å²) in [5.41, 5.74) is 7.65. The number of primary amides is 1. The van der Waals surface area contributed by atoms with Crippen molar-refractivity contribution in [3.05, 3.63) is 40.0 Å². The Morgan fingerprint density at radius 2 is 2.06 bits per heavy atom. The van der Waals surface area contributed by atoms with E-state index in [1.54, 1.807) is 25.1 Å². The number of rotatable bonds is 4. The summed E-state index contributed by atoms with van der Waals surface area (Å²) in [6.07, 6.45) is -0.854. The van der Waals surface area contributed by atoms with E-state index in [4.69, 9.17) is 17.3 Å². The Hall–Kier alpha value is -2.75. The van der Waals surface area contributed by atoms with E-state index in [1.165, 1.54) is 9.58 Å². The third-order valence-corrected chi connectivity index (χ3v) is 6.11. The van der Waals surface area contributed by atoms with Crippen LogP contribution in [0.25, 0.3) is 11.3 Å². The van der Waals surface area contributed by atoms with E-state index in [9.17, 15) is 22.8 Å². The van der Waals surface area contributed by atoms with Gasteiger partial charge in [0.15, 0.2) is 0 Å². The van der Waals surface area contributed by atoms with Crippen LogP contribution in [0.1, 0.15) is 40.5 Å². The maximum Gasteiger partial charge on any atom is 0.318 e. The molecule has 1 aliphatic heterocycles. The maximum absolute atomic E-state index is 13.8. The molecule has 1 fully saturated rings. The number of aromatic nitrogens is 2. The van der Waals surface area contributed by atoms with Gasteiger partial charge in [0.05, 0.1) is 23.8 Å². The van der Waals surface area contributed by atoms with E-state index in [1.807, 2.05) is 0 Å². The number of benzene rings is 1. The molecule has 31 heavy (non-hydrogen) atoms. The van der Waals surface area contributed by atoms with Crippen LogP contribution in [0.15, 0.2) is 18.2 Å². The number of nitrogens with zero attached hydrogens (tertiary/aromatic N) is 3. The van der Waals surface area contributed by atoms with Crippen LogP contribution in [-0.2, 0) is 6.54 Å². The van der Waals surface area contributed by atoms with Gasteiger partial charge in [-0.05, 0) is 24.6 Å². The highest BCUT2D eigenvalue weighted by Gasteiger charge is 2.46. The summed E-state index contributed by atoms with van der Waals surface area (Å²) >= 11 is 6.08. The molecule has 1 aromatic carbocycles. The second kappa shape index (κ2) is 7.74. The summed E-state index contributed by atoms with van der Waals surface area (Å²) in [4.78, 5) is 26.2. The van der Waals surface area contributed by atoms with Gasteiger partial charge in [-0.3, -0.25) is 9.48 Å². The summed E-state index contributed by atoms with van der Waals surface area (Å²) in [6.45, 7) is 0.893. The van der Waals surface area contributed by atoms with Gasteiger partial charge in [0.2, 0.25) is 0 Å². The Morgan fingerprint density at radius 3 is 2.65 bits per heavy atom. The maximum atomic E-state index is 13.8. The average molecular weight is 456 g/mol. The molecule has 4 rings (SSSR count). The van der Waals surface area contributed by atoms with Crippen LogP contribution in [0.4, 0.5) is 18.0 Å². The van der Waals surface area contributed by atoms with E-state index >= 15 is 0 Å². The SMILES string of the molecule is Cc1cc(-c2nn3c(c2C(N)=O)CN(C(=O)NC2CC(F)(F)C2)CC3CF)ccc1Cl. The molecule has 3 amide bonds. The minimum absolute atomic E-state index is 0.0165. The average Bonchev–Trinajstić information content (AvgIpc) is 3.07. The van der Waals surface area contributed by atoms with E-state index in [0.717, 1.165) is 5.56 Å². The van der Waals surface area contributed by atoms with Gasteiger partial charge in [-0.25, -0.2) is 18.0 Å². The molecule has 2 aliphatic rings. The van der Waals surface area contributed by atoms with Gasteiger partial charge in [-0.2, -0.15) is 5.10 Å². The van der Waals surface area contributed by atoms with Crippen molar-refractivity contribution in [3.63, 3.8) is 0 Å². The minimum atomic E-state index is -2.77. The number of amides is 3. The van der Waals surface area contributed by atoms with Crippen LogP contribution in [-0.4, -0.2) is 51.8 Å². The number of nitrogens with one attached hydrogen (secondary N) is 1. The van der Waals surface area contributed by atoms with Gasteiger partial charge in [0.25, 0.3) is 11.8 Å². The van der Waals surface area contributed by atoms with Crippen molar-refractivity contribution in [1.29, 1.82) is 0 Å². The largest absolute Gasteiger partial charge is 0.365 e. The lowest BCUT2D eigenvalue weighted by molar-refractivity contribution is -0.0904. The van der Waals surface area contributed by atoms with Crippen LogP contribution >= 0.6 is 11.6 Å². The van der Waals surface area contributed by atoms with Crippen LogP contribution in [0.2, 0.25) is 5.02 Å². The first kappa shape index (κ1) is 21.5. The number of carbonyl (C=O) groups is 2. The molecule has 3 N–H and O–H groups in total. The second-order valence-corrected chi connectivity index (χ2v) is 8.45. The number of nitrogens with two attached hydrogens (primary N) is 1. The smallest absolute Gasteiger partial charge is 0.318 e. The number of aryl methyl sites for hydroxylation is 1. The van der Waals surface area contributed by atoms with Crippen LogP contribution < -0.4 is 11.1 Å². The summed E-state index contributed by atoms with van der Waals surface area (Å²) in [5, 5.41) is 7.52. The Morgan fingerprint density at radius 1 is 1.35 bits per heavy atom. The Kier molecular flexibility index (Phi) is 5.36. The van der Waals surface area contributed by atoms with Gasteiger partial charge in [-0.15, -0.1) is 0 Å². The molecular formula is C20H21ClF3N5O2. The van der Waals surface area contributed by atoms with Gasteiger partial charge in [0.1, 0.15) is 12.4 Å². The Labute approximate surface area is 181 Å². The third kappa shape index (κ3) is 3.96. The third-order valence-electron chi connectivity index (χ3n) is 5.69. The molecule has 1 aliphatic carbocycles. The molecule has 0 spiro atoms. The van der Waals surface area contributed by atoms with Gasteiger partial charge < -0.3 is 16.0 Å². The normalized spacial score (nSPS) is 20.2. The van der Waals surface area contributed by atoms with E-state index < -0.39 is 49.5 Å². The zero-order chi connectivity index (χ0) is 22.5. The fourth-order valence-corrected chi connectivity index (χ4v) is 4.17.